The molecule has 0 aliphatic heterocycles. The van der Waals surface area contributed by atoms with Crippen LogP contribution in [-0.2, 0) is 0 Å². The summed E-state index contributed by atoms with van der Waals surface area (Å²) >= 11 is 0. The van der Waals surface area contributed by atoms with Crippen molar-refractivity contribution in [3.05, 3.63) is 0 Å². The van der Waals surface area contributed by atoms with Gasteiger partial charge in [0.05, 0.1) is 0 Å². The van der Waals surface area contributed by atoms with Crippen LogP contribution in [0.25, 0.3) is 0 Å². The smallest absolute Gasteiger partial charge is 0.0292 e. The van der Waals surface area contributed by atoms with E-state index in [1.54, 1.807) is 25.7 Å². The van der Waals surface area contributed by atoms with Crippen LogP contribution in [0.1, 0.15) is 59.8 Å². The molecule has 0 N–H and O–H groups in total. The van der Waals surface area contributed by atoms with E-state index in [0.717, 1.165) is 17.3 Å². The average molecular weight is 168 g/mol. The highest BCUT2D eigenvalue weighted by molar-refractivity contribution is 4.97. The second-order valence-electron chi connectivity index (χ2n) is 5.12. The molecule has 12 heavy (non-hydrogen) atoms. The molecule has 0 atom stereocenters. The van der Waals surface area contributed by atoms with Crippen LogP contribution >= 0.6 is 0 Å². The Morgan fingerprint density at radius 2 is 1.58 bits per heavy atom. The van der Waals surface area contributed by atoms with E-state index in [9.17, 15) is 0 Å². The van der Waals surface area contributed by atoms with Crippen LogP contribution in [0.4, 0.5) is 0 Å². The first kappa shape index (κ1) is 10.1. The van der Waals surface area contributed by atoms with Gasteiger partial charge in [-0.05, 0) is 42.9 Å². The zero-order valence-electron chi connectivity index (χ0n) is 7.90. The van der Waals surface area contributed by atoms with Crippen molar-refractivity contribution in [1.29, 1.82) is 0 Å². The Hall–Kier alpha value is 0. The first-order valence-corrected chi connectivity index (χ1v) is 5.22. The van der Waals surface area contributed by atoms with Crippen LogP contribution in [0.5, 0.6) is 0 Å². The minimum atomic E-state index is 0. The van der Waals surface area contributed by atoms with Gasteiger partial charge in [-0.2, -0.15) is 0 Å². The van der Waals surface area contributed by atoms with Crippen molar-refractivity contribution >= 4 is 0 Å². The topological polar surface area (TPSA) is 0 Å². The molecule has 0 amide bonds. The van der Waals surface area contributed by atoms with Crippen LogP contribution in [0.2, 0.25) is 0 Å². The van der Waals surface area contributed by atoms with Gasteiger partial charge in [0.1, 0.15) is 0 Å². The van der Waals surface area contributed by atoms with Gasteiger partial charge in [-0.15, -0.1) is 0 Å². The van der Waals surface area contributed by atoms with Gasteiger partial charge < -0.3 is 0 Å². The molecule has 2 aliphatic rings. The third kappa shape index (κ3) is 1.53. The Kier molecular flexibility index (Phi) is 2.85. The summed E-state index contributed by atoms with van der Waals surface area (Å²) in [5.41, 5.74) is 0.870. The lowest BCUT2D eigenvalue weighted by Crippen LogP contribution is -2.37. The van der Waals surface area contributed by atoms with Crippen molar-refractivity contribution in [2.24, 2.45) is 17.3 Å². The molecule has 0 bridgehead atoms. The van der Waals surface area contributed by atoms with Crippen molar-refractivity contribution in [3.8, 4) is 0 Å². The first-order chi connectivity index (χ1) is 5.22. The maximum atomic E-state index is 2.38. The molecule has 0 heteroatoms. The number of rotatable bonds is 1. The molecule has 2 aliphatic carbocycles. The van der Waals surface area contributed by atoms with Crippen molar-refractivity contribution in [2.45, 2.75) is 59.8 Å². The first-order valence-electron chi connectivity index (χ1n) is 5.22. The normalized spacial score (nSPS) is 27.2. The Balaban J connectivity index is 0.000000720. The van der Waals surface area contributed by atoms with Crippen molar-refractivity contribution in [2.75, 3.05) is 0 Å². The predicted octanol–water partition coefficient (Wildman–Crippen LogP) is 4.25. The Morgan fingerprint density at radius 3 is 2.00 bits per heavy atom. The van der Waals surface area contributed by atoms with E-state index >= 15 is 0 Å². The van der Waals surface area contributed by atoms with Gasteiger partial charge in [0, 0.05) is 0 Å². The average Bonchev–Trinajstić information content (AvgIpc) is 2.29. The summed E-state index contributed by atoms with van der Waals surface area (Å²) in [4.78, 5) is 0. The molecule has 0 nitrogen and oxygen atoms in total. The Bertz CT molecular complexity index is 132. The van der Waals surface area contributed by atoms with Crippen LogP contribution in [0.3, 0.4) is 0 Å². The molecule has 0 aromatic carbocycles. The van der Waals surface area contributed by atoms with Crippen LogP contribution < -0.4 is 0 Å². The van der Waals surface area contributed by atoms with E-state index in [1.807, 2.05) is 0 Å². The van der Waals surface area contributed by atoms with Gasteiger partial charge in [-0.25, -0.2) is 0 Å². The van der Waals surface area contributed by atoms with Crippen molar-refractivity contribution in [3.63, 3.8) is 0 Å². The SMILES string of the molecule is C.CC(C)C1CC2(CCCC2)C1. The largest absolute Gasteiger partial charge is 0.0776 e. The second-order valence-corrected chi connectivity index (χ2v) is 5.12. The molecule has 0 saturated heterocycles. The van der Waals surface area contributed by atoms with Crippen molar-refractivity contribution < 1.29 is 0 Å². The fourth-order valence-electron chi connectivity index (χ4n) is 3.06. The second kappa shape index (κ2) is 3.40. The third-order valence-corrected chi connectivity index (χ3v) is 4.00. The maximum Gasteiger partial charge on any atom is -0.0292 e. The summed E-state index contributed by atoms with van der Waals surface area (Å²) in [6.45, 7) is 4.76. The van der Waals surface area contributed by atoms with E-state index in [-0.39, 0.29) is 7.43 Å². The number of hydrogen-bond donors (Lipinski definition) is 0. The molecule has 72 valence electrons. The minimum absolute atomic E-state index is 0. The molecular formula is C12H24. The van der Waals surface area contributed by atoms with Gasteiger partial charge >= 0.3 is 0 Å². The lowest BCUT2D eigenvalue weighted by Gasteiger charge is -2.47. The highest BCUT2D eigenvalue weighted by Crippen LogP contribution is 2.57. The molecule has 1 spiro atoms. The molecule has 0 heterocycles. The molecule has 2 saturated carbocycles. The van der Waals surface area contributed by atoms with E-state index in [1.165, 1.54) is 12.8 Å². The molecular weight excluding hydrogens is 144 g/mol. The lowest BCUT2D eigenvalue weighted by molar-refractivity contribution is 0.0322. The zero-order valence-corrected chi connectivity index (χ0v) is 7.90. The van der Waals surface area contributed by atoms with E-state index < -0.39 is 0 Å². The van der Waals surface area contributed by atoms with Gasteiger partial charge in [0.15, 0.2) is 0 Å². The van der Waals surface area contributed by atoms with E-state index in [4.69, 9.17) is 0 Å². The van der Waals surface area contributed by atoms with Gasteiger partial charge in [0.2, 0.25) is 0 Å². The summed E-state index contributed by atoms with van der Waals surface area (Å²) in [5, 5.41) is 0. The highest BCUT2D eigenvalue weighted by Gasteiger charge is 2.46. The van der Waals surface area contributed by atoms with Gasteiger partial charge in [-0.1, -0.05) is 34.1 Å². The van der Waals surface area contributed by atoms with Gasteiger partial charge in [0.25, 0.3) is 0 Å². The molecule has 0 radical (unpaired) electrons. The summed E-state index contributed by atoms with van der Waals surface area (Å²) in [7, 11) is 0. The zero-order chi connectivity index (χ0) is 7.90. The van der Waals surface area contributed by atoms with Crippen LogP contribution in [0, 0.1) is 17.3 Å². The van der Waals surface area contributed by atoms with Crippen LogP contribution in [-0.4, -0.2) is 0 Å². The summed E-state index contributed by atoms with van der Waals surface area (Å²) in [6.07, 6.45) is 9.26. The quantitative estimate of drug-likeness (QED) is 0.549. The highest BCUT2D eigenvalue weighted by atomic mass is 14.5. The summed E-state index contributed by atoms with van der Waals surface area (Å²) in [6, 6.07) is 0. The minimum Gasteiger partial charge on any atom is -0.0776 e. The molecule has 0 aromatic heterocycles. The summed E-state index contributed by atoms with van der Waals surface area (Å²) in [5.74, 6) is 2.02. The Labute approximate surface area is 77.7 Å². The monoisotopic (exact) mass is 168 g/mol. The molecule has 0 aromatic rings. The van der Waals surface area contributed by atoms with E-state index in [0.29, 0.717) is 0 Å². The number of hydrogen-bond acceptors (Lipinski definition) is 0. The fraction of sp³-hybridized carbons (Fsp3) is 1.00. The van der Waals surface area contributed by atoms with Crippen molar-refractivity contribution in [1.82, 2.24) is 0 Å². The standard InChI is InChI=1S/C11H20.CH4/c1-9(2)10-7-11(8-10)5-3-4-6-11;/h9-10H,3-8H2,1-2H3;1H4. The third-order valence-electron chi connectivity index (χ3n) is 4.00. The molecule has 2 fully saturated rings. The molecule has 2 rings (SSSR count). The lowest BCUT2D eigenvalue weighted by atomic mass is 9.58. The maximum absolute atomic E-state index is 2.38. The van der Waals surface area contributed by atoms with Gasteiger partial charge in [-0.3, -0.25) is 0 Å². The summed E-state index contributed by atoms with van der Waals surface area (Å²) < 4.78 is 0. The van der Waals surface area contributed by atoms with E-state index in [2.05, 4.69) is 13.8 Å². The predicted molar refractivity (Wildman–Crippen MR) is 55.2 cm³/mol. The van der Waals surface area contributed by atoms with Crippen LogP contribution in [0.15, 0.2) is 0 Å². The Morgan fingerprint density at radius 1 is 1.08 bits per heavy atom. The molecule has 0 unspecified atom stereocenters. The fourth-order valence-corrected chi connectivity index (χ4v) is 3.06.